The minimum Gasteiger partial charge on any atom is -0.497 e. The Kier molecular flexibility index (Phi) is 5.09. The molecule has 0 aliphatic heterocycles. The van der Waals surface area contributed by atoms with E-state index in [0.29, 0.717) is 6.04 Å². The Balaban J connectivity index is 1.97. The number of benzene rings is 2. The van der Waals surface area contributed by atoms with Gasteiger partial charge in [0, 0.05) is 11.7 Å². The number of hydrogen-bond acceptors (Lipinski definition) is 3. The molecule has 3 heteroatoms. The summed E-state index contributed by atoms with van der Waals surface area (Å²) >= 11 is 0. The van der Waals surface area contributed by atoms with Crippen LogP contribution in [0, 0.1) is 6.92 Å². The van der Waals surface area contributed by atoms with E-state index < -0.39 is 0 Å². The molecule has 1 atom stereocenters. The summed E-state index contributed by atoms with van der Waals surface area (Å²) in [5.41, 5.74) is 3.55. The van der Waals surface area contributed by atoms with Crippen LogP contribution >= 0.6 is 0 Å². The summed E-state index contributed by atoms with van der Waals surface area (Å²) in [4.78, 5) is 0. The molecule has 0 aliphatic carbocycles. The predicted octanol–water partition coefficient (Wildman–Crippen LogP) is 4.06. The van der Waals surface area contributed by atoms with Crippen LogP contribution in [0.5, 0.6) is 11.5 Å². The minimum atomic E-state index is 0.353. The molecule has 0 amide bonds. The Morgan fingerprint density at radius 3 is 2.29 bits per heavy atom. The van der Waals surface area contributed by atoms with Crippen LogP contribution in [0.15, 0.2) is 42.5 Å². The minimum absolute atomic E-state index is 0.353. The second kappa shape index (κ2) is 7.02. The molecule has 0 aromatic heterocycles. The van der Waals surface area contributed by atoms with Gasteiger partial charge in [0.2, 0.25) is 0 Å². The maximum atomic E-state index is 5.28. The zero-order chi connectivity index (χ0) is 15.2. The topological polar surface area (TPSA) is 30.5 Å². The first kappa shape index (κ1) is 15.2. The van der Waals surface area contributed by atoms with Gasteiger partial charge in [-0.2, -0.15) is 0 Å². The molecule has 0 aliphatic rings. The van der Waals surface area contributed by atoms with Crippen molar-refractivity contribution < 1.29 is 9.47 Å². The highest BCUT2D eigenvalue weighted by molar-refractivity contribution is 5.51. The standard InChI is InChI=1S/C18H23NO2/c1-13-11-16(7-10-18(13)21-4)19-14(2)12-15-5-8-17(20-3)9-6-15/h5-11,14,19H,12H2,1-4H3. The molecule has 1 N–H and O–H groups in total. The van der Waals surface area contributed by atoms with Gasteiger partial charge in [-0.05, 0) is 61.7 Å². The van der Waals surface area contributed by atoms with E-state index in [4.69, 9.17) is 9.47 Å². The molecular weight excluding hydrogens is 262 g/mol. The van der Waals surface area contributed by atoms with Crippen LogP contribution in [-0.4, -0.2) is 20.3 Å². The van der Waals surface area contributed by atoms with Crippen LogP contribution < -0.4 is 14.8 Å². The first-order chi connectivity index (χ1) is 10.1. The maximum Gasteiger partial charge on any atom is 0.121 e. The van der Waals surface area contributed by atoms with Crippen molar-refractivity contribution in [2.75, 3.05) is 19.5 Å². The lowest BCUT2D eigenvalue weighted by Gasteiger charge is -2.17. The van der Waals surface area contributed by atoms with E-state index in [1.165, 1.54) is 5.56 Å². The van der Waals surface area contributed by atoms with Gasteiger partial charge in [0.05, 0.1) is 14.2 Å². The molecule has 0 heterocycles. The third kappa shape index (κ3) is 4.15. The lowest BCUT2D eigenvalue weighted by atomic mass is 10.1. The Labute approximate surface area is 126 Å². The summed E-state index contributed by atoms with van der Waals surface area (Å²) in [6.45, 7) is 4.24. The van der Waals surface area contributed by atoms with Crippen molar-refractivity contribution in [3.8, 4) is 11.5 Å². The quantitative estimate of drug-likeness (QED) is 0.868. The molecule has 2 aromatic carbocycles. The third-order valence-corrected chi connectivity index (χ3v) is 3.51. The van der Waals surface area contributed by atoms with Gasteiger partial charge in [0.25, 0.3) is 0 Å². The third-order valence-electron chi connectivity index (χ3n) is 3.51. The SMILES string of the molecule is COc1ccc(CC(C)Nc2ccc(OC)c(C)c2)cc1. The van der Waals surface area contributed by atoms with Gasteiger partial charge in [-0.25, -0.2) is 0 Å². The highest BCUT2D eigenvalue weighted by Crippen LogP contribution is 2.22. The van der Waals surface area contributed by atoms with Crippen molar-refractivity contribution in [2.45, 2.75) is 26.3 Å². The van der Waals surface area contributed by atoms with Gasteiger partial charge in [-0.15, -0.1) is 0 Å². The van der Waals surface area contributed by atoms with Crippen LogP contribution in [0.2, 0.25) is 0 Å². The molecule has 21 heavy (non-hydrogen) atoms. The van der Waals surface area contributed by atoms with Crippen LogP contribution in [0.25, 0.3) is 0 Å². The van der Waals surface area contributed by atoms with Crippen molar-refractivity contribution in [2.24, 2.45) is 0 Å². The highest BCUT2D eigenvalue weighted by Gasteiger charge is 2.06. The second-order valence-electron chi connectivity index (χ2n) is 5.28. The molecule has 0 saturated heterocycles. The molecular formula is C18H23NO2. The van der Waals surface area contributed by atoms with Crippen molar-refractivity contribution in [3.63, 3.8) is 0 Å². The fourth-order valence-corrected chi connectivity index (χ4v) is 2.42. The van der Waals surface area contributed by atoms with E-state index in [9.17, 15) is 0 Å². The molecule has 2 rings (SSSR count). The Bertz CT molecular complexity index is 578. The van der Waals surface area contributed by atoms with E-state index >= 15 is 0 Å². The average molecular weight is 285 g/mol. The van der Waals surface area contributed by atoms with Crippen molar-refractivity contribution in [3.05, 3.63) is 53.6 Å². The predicted molar refractivity (Wildman–Crippen MR) is 87.5 cm³/mol. The van der Waals surface area contributed by atoms with Gasteiger partial charge in [-0.1, -0.05) is 12.1 Å². The summed E-state index contributed by atoms with van der Waals surface area (Å²) in [6, 6.07) is 14.7. The smallest absolute Gasteiger partial charge is 0.121 e. The van der Waals surface area contributed by atoms with Crippen LogP contribution in [-0.2, 0) is 6.42 Å². The largest absolute Gasteiger partial charge is 0.497 e. The van der Waals surface area contributed by atoms with Crippen LogP contribution in [0.1, 0.15) is 18.1 Å². The summed E-state index contributed by atoms with van der Waals surface area (Å²) in [5, 5.41) is 3.52. The van der Waals surface area contributed by atoms with E-state index in [2.05, 4.69) is 43.4 Å². The number of nitrogens with one attached hydrogen (secondary N) is 1. The fourth-order valence-electron chi connectivity index (χ4n) is 2.42. The number of aryl methyl sites for hydroxylation is 1. The van der Waals surface area contributed by atoms with E-state index in [1.807, 2.05) is 18.2 Å². The van der Waals surface area contributed by atoms with Crippen LogP contribution in [0.3, 0.4) is 0 Å². The number of ether oxygens (including phenoxy) is 2. The van der Waals surface area contributed by atoms with Crippen molar-refractivity contribution >= 4 is 5.69 Å². The monoisotopic (exact) mass is 285 g/mol. The Morgan fingerprint density at radius 2 is 1.71 bits per heavy atom. The molecule has 0 saturated carbocycles. The van der Waals surface area contributed by atoms with Gasteiger partial charge in [0.15, 0.2) is 0 Å². The van der Waals surface area contributed by atoms with Crippen molar-refractivity contribution in [1.29, 1.82) is 0 Å². The van der Waals surface area contributed by atoms with Crippen molar-refractivity contribution in [1.82, 2.24) is 0 Å². The summed E-state index contributed by atoms with van der Waals surface area (Å²) in [5.74, 6) is 1.81. The summed E-state index contributed by atoms with van der Waals surface area (Å²) in [7, 11) is 3.38. The highest BCUT2D eigenvalue weighted by atomic mass is 16.5. The molecule has 0 radical (unpaired) electrons. The first-order valence-electron chi connectivity index (χ1n) is 7.16. The Hall–Kier alpha value is -2.16. The van der Waals surface area contributed by atoms with Gasteiger partial charge in [0.1, 0.15) is 11.5 Å². The second-order valence-corrected chi connectivity index (χ2v) is 5.28. The average Bonchev–Trinajstić information content (AvgIpc) is 2.48. The fraction of sp³-hybridized carbons (Fsp3) is 0.333. The molecule has 0 fully saturated rings. The van der Waals surface area contributed by atoms with Gasteiger partial charge in [-0.3, -0.25) is 0 Å². The number of rotatable bonds is 6. The van der Waals surface area contributed by atoms with Gasteiger partial charge < -0.3 is 14.8 Å². The number of methoxy groups -OCH3 is 2. The number of anilines is 1. The molecule has 112 valence electrons. The van der Waals surface area contributed by atoms with E-state index in [0.717, 1.165) is 29.2 Å². The molecule has 0 spiro atoms. The summed E-state index contributed by atoms with van der Waals surface area (Å²) in [6.07, 6.45) is 0.967. The Morgan fingerprint density at radius 1 is 1.00 bits per heavy atom. The first-order valence-corrected chi connectivity index (χ1v) is 7.16. The van der Waals surface area contributed by atoms with Crippen LogP contribution in [0.4, 0.5) is 5.69 Å². The lowest BCUT2D eigenvalue weighted by Crippen LogP contribution is -2.18. The maximum absolute atomic E-state index is 5.28. The molecule has 0 bridgehead atoms. The zero-order valence-electron chi connectivity index (χ0n) is 13.1. The molecule has 1 unspecified atom stereocenters. The zero-order valence-corrected chi connectivity index (χ0v) is 13.1. The van der Waals surface area contributed by atoms with E-state index in [1.54, 1.807) is 14.2 Å². The van der Waals surface area contributed by atoms with E-state index in [-0.39, 0.29) is 0 Å². The normalized spacial score (nSPS) is 11.8. The molecule has 3 nitrogen and oxygen atoms in total. The van der Waals surface area contributed by atoms with Gasteiger partial charge >= 0.3 is 0 Å². The summed E-state index contributed by atoms with van der Waals surface area (Å²) < 4.78 is 10.5. The number of hydrogen-bond donors (Lipinski definition) is 1. The lowest BCUT2D eigenvalue weighted by molar-refractivity contribution is 0.412. The molecule has 2 aromatic rings.